The van der Waals surface area contributed by atoms with Crippen LogP contribution in [-0.4, -0.2) is 43.9 Å². The zero-order valence-electron chi connectivity index (χ0n) is 10.1. The van der Waals surface area contributed by atoms with E-state index in [0.29, 0.717) is 0 Å². The third-order valence-corrected chi connectivity index (χ3v) is 3.32. The average Bonchev–Trinajstić information content (AvgIpc) is 2.71. The molecule has 0 radical (unpaired) electrons. The van der Waals surface area contributed by atoms with Crippen LogP contribution in [0.4, 0.5) is 13.9 Å². The molecular formula is C10H12F2N2O3S. The van der Waals surface area contributed by atoms with Crippen LogP contribution in [0.15, 0.2) is 0 Å². The standard InChI is InChI=1S/C10H12F2N2O3S/c1-5(15)8-7(9(16)17-3)13-10(18-8)14(2)4-6(11)12/h6H,4H2,1-3H3. The van der Waals surface area contributed by atoms with Crippen LogP contribution in [0.5, 0.6) is 0 Å². The van der Waals surface area contributed by atoms with Crippen LogP contribution in [0, 0.1) is 0 Å². The monoisotopic (exact) mass is 278 g/mol. The molecule has 0 N–H and O–H groups in total. The van der Waals surface area contributed by atoms with Gasteiger partial charge in [0.15, 0.2) is 16.6 Å². The molecule has 0 aromatic carbocycles. The lowest BCUT2D eigenvalue weighted by molar-refractivity contribution is 0.0591. The Kier molecular flexibility index (Phi) is 4.71. The van der Waals surface area contributed by atoms with Gasteiger partial charge in [-0.3, -0.25) is 4.79 Å². The van der Waals surface area contributed by atoms with E-state index in [9.17, 15) is 18.4 Å². The maximum atomic E-state index is 12.2. The lowest BCUT2D eigenvalue weighted by Crippen LogP contribution is -2.23. The molecule has 0 amide bonds. The van der Waals surface area contributed by atoms with E-state index in [1.165, 1.54) is 18.9 Å². The second-order valence-electron chi connectivity index (χ2n) is 3.49. The number of anilines is 1. The smallest absolute Gasteiger partial charge is 0.358 e. The van der Waals surface area contributed by atoms with Crippen LogP contribution in [0.25, 0.3) is 0 Å². The molecule has 0 fully saturated rings. The van der Waals surface area contributed by atoms with Gasteiger partial charge in [0.25, 0.3) is 6.43 Å². The third-order valence-electron chi connectivity index (χ3n) is 2.05. The largest absolute Gasteiger partial charge is 0.464 e. The molecular weight excluding hydrogens is 266 g/mol. The summed E-state index contributed by atoms with van der Waals surface area (Å²) in [4.78, 5) is 27.9. The number of hydrogen-bond donors (Lipinski definition) is 0. The third kappa shape index (κ3) is 3.22. The first-order valence-corrected chi connectivity index (χ1v) is 5.77. The first-order chi connectivity index (χ1) is 8.36. The number of aromatic nitrogens is 1. The van der Waals surface area contributed by atoms with Crippen molar-refractivity contribution in [3.8, 4) is 0 Å². The van der Waals surface area contributed by atoms with Crippen molar-refractivity contribution in [1.82, 2.24) is 4.98 Å². The number of carbonyl (C=O) groups excluding carboxylic acids is 2. The number of ether oxygens (including phenoxy) is 1. The molecule has 0 saturated carbocycles. The Labute approximate surface area is 106 Å². The highest BCUT2D eigenvalue weighted by molar-refractivity contribution is 7.17. The van der Waals surface area contributed by atoms with Crippen molar-refractivity contribution < 1.29 is 23.1 Å². The number of nitrogens with zero attached hydrogens (tertiary/aromatic N) is 2. The number of esters is 1. The van der Waals surface area contributed by atoms with Crippen LogP contribution >= 0.6 is 11.3 Å². The van der Waals surface area contributed by atoms with E-state index in [-0.39, 0.29) is 21.5 Å². The van der Waals surface area contributed by atoms with Crippen molar-refractivity contribution in [3.05, 3.63) is 10.6 Å². The minimum absolute atomic E-state index is 0.109. The highest BCUT2D eigenvalue weighted by atomic mass is 32.1. The Balaban J connectivity index is 3.09. The zero-order valence-corrected chi connectivity index (χ0v) is 10.9. The van der Waals surface area contributed by atoms with E-state index >= 15 is 0 Å². The Morgan fingerprint density at radius 2 is 2.11 bits per heavy atom. The van der Waals surface area contributed by atoms with E-state index in [4.69, 9.17) is 0 Å². The number of Topliss-reactive ketones (excluding diaryl/α,β-unsaturated/α-hetero) is 1. The molecule has 0 bridgehead atoms. The second-order valence-corrected chi connectivity index (χ2v) is 4.47. The number of carbonyl (C=O) groups is 2. The van der Waals surface area contributed by atoms with Crippen LogP contribution in [0.1, 0.15) is 27.1 Å². The van der Waals surface area contributed by atoms with E-state index in [1.807, 2.05) is 0 Å². The second kappa shape index (κ2) is 5.85. The lowest BCUT2D eigenvalue weighted by Gasteiger charge is -2.14. The Morgan fingerprint density at radius 1 is 1.50 bits per heavy atom. The summed E-state index contributed by atoms with van der Waals surface area (Å²) in [5.41, 5.74) is -0.133. The Bertz CT molecular complexity index is 462. The van der Waals surface area contributed by atoms with Crippen molar-refractivity contribution >= 4 is 28.2 Å². The Morgan fingerprint density at radius 3 is 2.56 bits per heavy atom. The quantitative estimate of drug-likeness (QED) is 0.607. The van der Waals surface area contributed by atoms with E-state index < -0.39 is 18.9 Å². The molecule has 1 heterocycles. The van der Waals surface area contributed by atoms with Gasteiger partial charge in [0.1, 0.15) is 4.88 Å². The zero-order chi connectivity index (χ0) is 13.9. The van der Waals surface area contributed by atoms with Crippen LogP contribution in [0.3, 0.4) is 0 Å². The SMILES string of the molecule is COC(=O)c1nc(N(C)CC(F)F)sc1C(C)=O. The van der Waals surface area contributed by atoms with E-state index in [1.54, 1.807) is 0 Å². The number of ketones is 1. The molecule has 0 aliphatic rings. The number of hydrogen-bond acceptors (Lipinski definition) is 6. The molecule has 5 nitrogen and oxygen atoms in total. The predicted octanol–water partition coefficient (Wildman–Crippen LogP) is 1.83. The summed E-state index contributed by atoms with van der Waals surface area (Å²) in [5.74, 6) is -1.11. The number of alkyl halides is 2. The van der Waals surface area contributed by atoms with Gasteiger partial charge in [-0.15, -0.1) is 0 Å². The molecule has 0 spiro atoms. The molecule has 0 aliphatic heterocycles. The first kappa shape index (κ1) is 14.5. The van der Waals surface area contributed by atoms with Gasteiger partial charge in [-0.1, -0.05) is 11.3 Å². The molecule has 0 atom stereocenters. The molecule has 0 unspecified atom stereocenters. The number of methoxy groups -OCH3 is 1. The number of rotatable bonds is 5. The molecule has 1 aromatic heterocycles. The molecule has 1 rings (SSSR count). The highest BCUT2D eigenvalue weighted by Gasteiger charge is 2.23. The summed E-state index contributed by atoms with van der Waals surface area (Å²) in [6.45, 7) is 0.752. The highest BCUT2D eigenvalue weighted by Crippen LogP contribution is 2.27. The van der Waals surface area contributed by atoms with Crippen molar-refractivity contribution in [2.45, 2.75) is 13.3 Å². The van der Waals surface area contributed by atoms with Gasteiger partial charge in [0.2, 0.25) is 0 Å². The molecule has 100 valence electrons. The summed E-state index contributed by atoms with van der Waals surface area (Å²) in [6, 6.07) is 0. The average molecular weight is 278 g/mol. The van der Waals surface area contributed by atoms with Gasteiger partial charge >= 0.3 is 5.97 Å². The summed E-state index contributed by atoms with van der Waals surface area (Å²) < 4.78 is 29.0. The van der Waals surface area contributed by atoms with Gasteiger partial charge in [-0.05, 0) is 0 Å². The molecule has 0 aliphatic carbocycles. The van der Waals surface area contributed by atoms with Crippen molar-refractivity contribution in [2.75, 3.05) is 25.6 Å². The maximum absolute atomic E-state index is 12.2. The summed E-state index contributed by atoms with van der Waals surface area (Å²) in [5, 5.41) is 0.181. The molecule has 18 heavy (non-hydrogen) atoms. The van der Waals surface area contributed by atoms with Crippen molar-refractivity contribution in [3.63, 3.8) is 0 Å². The number of halogens is 2. The normalized spacial score (nSPS) is 10.6. The van der Waals surface area contributed by atoms with Crippen LogP contribution in [-0.2, 0) is 4.74 Å². The van der Waals surface area contributed by atoms with Gasteiger partial charge in [0.05, 0.1) is 13.7 Å². The first-order valence-electron chi connectivity index (χ1n) is 4.96. The van der Waals surface area contributed by atoms with Gasteiger partial charge < -0.3 is 9.64 Å². The fourth-order valence-corrected chi connectivity index (χ4v) is 2.15. The van der Waals surface area contributed by atoms with Crippen LogP contribution < -0.4 is 4.90 Å². The topological polar surface area (TPSA) is 59.5 Å². The van der Waals surface area contributed by atoms with Crippen molar-refractivity contribution in [1.29, 1.82) is 0 Å². The van der Waals surface area contributed by atoms with Gasteiger partial charge in [-0.25, -0.2) is 18.6 Å². The minimum Gasteiger partial charge on any atom is -0.464 e. The van der Waals surface area contributed by atoms with Crippen molar-refractivity contribution in [2.24, 2.45) is 0 Å². The summed E-state index contributed by atoms with van der Waals surface area (Å²) in [6.07, 6.45) is -2.53. The minimum atomic E-state index is -2.53. The molecule has 1 aromatic rings. The summed E-state index contributed by atoms with van der Waals surface area (Å²) >= 11 is 0.892. The fourth-order valence-electron chi connectivity index (χ4n) is 1.23. The fraction of sp³-hybridized carbons (Fsp3) is 0.500. The van der Waals surface area contributed by atoms with E-state index in [0.717, 1.165) is 18.4 Å². The predicted molar refractivity (Wildman–Crippen MR) is 62.7 cm³/mol. The lowest BCUT2D eigenvalue weighted by atomic mass is 10.3. The molecule has 8 heteroatoms. The van der Waals surface area contributed by atoms with Gasteiger partial charge in [0, 0.05) is 14.0 Å². The molecule has 0 saturated heterocycles. The number of thiazole rings is 1. The van der Waals surface area contributed by atoms with Crippen LogP contribution in [0.2, 0.25) is 0 Å². The Hall–Kier alpha value is -1.57. The van der Waals surface area contributed by atoms with Gasteiger partial charge in [-0.2, -0.15) is 0 Å². The summed E-state index contributed by atoms with van der Waals surface area (Å²) in [7, 11) is 2.57. The maximum Gasteiger partial charge on any atom is 0.358 e. The van der Waals surface area contributed by atoms with E-state index in [2.05, 4.69) is 9.72 Å².